The van der Waals surface area contributed by atoms with Crippen molar-refractivity contribution in [2.45, 2.75) is 0 Å². The van der Waals surface area contributed by atoms with E-state index >= 15 is 0 Å². The molecule has 0 aromatic carbocycles. The van der Waals surface area contributed by atoms with E-state index < -0.39 is 0 Å². The molecule has 28 valence electrons. The first-order valence-electron chi connectivity index (χ1n) is 1.000. The second-order valence-corrected chi connectivity index (χ2v) is 0. The van der Waals surface area contributed by atoms with Gasteiger partial charge in [0.1, 0.15) is 0 Å². The summed E-state index contributed by atoms with van der Waals surface area (Å²) in [5.74, 6) is 0. The van der Waals surface area contributed by atoms with Crippen molar-refractivity contribution < 1.29 is 0 Å². The molecule has 0 fully saturated rings. The van der Waals surface area contributed by atoms with Crippen molar-refractivity contribution in [2.24, 2.45) is 0 Å². The fourth-order valence-corrected chi connectivity index (χ4v) is 0. The van der Waals surface area contributed by atoms with Crippen LogP contribution in [0.15, 0.2) is 26.3 Å². The van der Waals surface area contributed by atoms with E-state index in [1.807, 2.05) is 0 Å². The van der Waals surface area contributed by atoms with E-state index in [-0.39, 0.29) is 59.1 Å². The molecule has 0 nitrogen and oxygen atoms in total. The molecule has 0 rings (SSSR count). The van der Waals surface area contributed by atoms with Gasteiger partial charge in [0.2, 0.25) is 0 Å². The van der Waals surface area contributed by atoms with Gasteiger partial charge >= 0.3 is 59.1 Å². The molecule has 0 heterocycles. The fourth-order valence-electron chi connectivity index (χ4n) is 0. The monoisotopic (exact) mass is 104 g/mol. The molecule has 0 aromatic rings. The molecule has 0 unspecified atom stereocenters. The van der Waals surface area contributed by atoms with Crippen molar-refractivity contribution in [3.63, 3.8) is 0 Å². The van der Waals surface area contributed by atoms with Crippen LogP contribution in [0, 0.1) is 0 Å². The SMILES string of the molecule is C=C.C=C.[NaH].[NaH]. The molecule has 2 heteroatoms. The van der Waals surface area contributed by atoms with Gasteiger partial charge in [-0.05, 0) is 0 Å². The van der Waals surface area contributed by atoms with Gasteiger partial charge in [0.25, 0.3) is 0 Å². The third-order valence-corrected chi connectivity index (χ3v) is 0. The summed E-state index contributed by atoms with van der Waals surface area (Å²) in [4.78, 5) is 0. The van der Waals surface area contributed by atoms with Gasteiger partial charge in [-0.15, -0.1) is 26.3 Å². The van der Waals surface area contributed by atoms with Gasteiger partial charge in [0.15, 0.2) is 0 Å². The Bertz CT molecular complexity index is 7.51. The first kappa shape index (κ1) is 25.9. The Morgan fingerprint density at radius 2 is 0.500 bits per heavy atom. The van der Waals surface area contributed by atoms with E-state index in [0.717, 1.165) is 0 Å². The normalized spacial score (nSPS) is 1.33. The molecule has 0 aliphatic carbocycles. The zero-order valence-electron chi connectivity index (χ0n) is 2.83. The van der Waals surface area contributed by atoms with E-state index in [4.69, 9.17) is 0 Å². The molecule has 0 saturated carbocycles. The van der Waals surface area contributed by atoms with Crippen LogP contribution < -0.4 is 0 Å². The summed E-state index contributed by atoms with van der Waals surface area (Å²) in [6.45, 7) is 12.0. The van der Waals surface area contributed by atoms with E-state index in [9.17, 15) is 0 Å². The Hall–Kier alpha value is 1.48. The Morgan fingerprint density at radius 1 is 0.500 bits per heavy atom. The summed E-state index contributed by atoms with van der Waals surface area (Å²) in [7, 11) is 0. The van der Waals surface area contributed by atoms with Gasteiger partial charge in [-0.25, -0.2) is 0 Å². The maximum absolute atomic E-state index is 3.00. The van der Waals surface area contributed by atoms with E-state index in [2.05, 4.69) is 26.3 Å². The minimum absolute atomic E-state index is 0. The molecule has 0 radical (unpaired) electrons. The maximum atomic E-state index is 3.00. The molecule has 0 saturated heterocycles. The second-order valence-electron chi connectivity index (χ2n) is 0. The van der Waals surface area contributed by atoms with Crippen LogP contribution in [0.5, 0.6) is 0 Å². The number of rotatable bonds is 0. The molecule has 0 atom stereocenters. The zero-order chi connectivity index (χ0) is 4.00. The molecule has 0 N–H and O–H groups in total. The molecule has 0 aromatic heterocycles. The van der Waals surface area contributed by atoms with Crippen molar-refractivity contribution in [1.29, 1.82) is 0 Å². The van der Waals surface area contributed by atoms with E-state index in [1.165, 1.54) is 0 Å². The van der Waals surface area contributed by atoms with E-state index in [0.29, 0.717) is 0 Å². The average Bonchev–Trinajstić information content (AvgIpc) is 1.50. The van der Waals surface area contributed by atoms with Gasteiger partial charge in [-0.2, -0.15) is 0 Å². The summed E-state index contributed by atoms with van der Waals surface area (Å²) in [6, 6.07) is 0. The fraction of sp³-hybridized carbons (Fsp3) is 0. The first-order valence-corrected chi connectivity index (χ1v) is 1.000. The Labute approximate surface area is 84.3 Å². The van der Waals surface area contributed by atoms with Gasteiger partial charge < -0.3 is 0 Å². The van der Waals surface area contributed by atoms with Crippen molar-refractivity contribution in [2.75, 3.05) is 0 Å². The average molecular weight is 104 g/mol. The molecule has 0 spiro atoms. The molecule has 0 aliphatic rings. The predicted octanol–water partition coefficient (Wildman–Crippen LogP) is 0.307. The third-order valence-electron chi connectivity index (χ3n) is 0. The topological polar surface area (TPSA) is 0 Å². The Kier molecular flexibility index (Phi) is 384. The minimum atomic E-state index is 0. The zero-order valence-corrected chi connectivity index (χ0v) is 2.83. The van der Waals surface area contributed by atoms with Crippen LogP contribution in [-0.2, 0) is 0 Å². The van der Waals surface area contributed by atoms with Crippen molar-refractivity contribution in [3.05, 3.63) is 26.3 Å². The van der Waals surface area contributed by atoms with Crippen LogP contribution in [0.25, 0.3) is 0 Å². The van der Waals surface area contributed by atoms with Crippen molar-refractivity contribution >= 4 is 59.1 Å². The number of hydrogen-bond acceptors (Lipinski definition) is 0. The van der Waals surface area contributed by atoms with Gasteiger partial charge in [-0.1, -0.05) is 0 Å². The van der Waals surface area contributed by atoms with Crippen molar-refractivity contribution in [1.82, 2.24) is 0 Å². The molecule has 0 amide bonds. The van der Waals surface area contributed by atoms with Crippen molar-refractivity contribution in [3.8, 4) is 0 Å². The number of hydrogen-bond donors (Lipinski definition) is 0. The van der Waals surface area contributed by atoms with Crippen LogP contribution in [-0.4, -0.2) is 59.1 Å². The second kappa shape index (κ2) is 88.8. The predicted molar refractivity (Wildman–Crippen MR) is 36.8 cm³/mol. The Morgan fingerprint density at radius 3 is 0.500 bits per heavy atom. The van der Waals surface area contributed by atoms with Gasteiger partial charge in [0.05, 0.1) is 0 Å². The van der Waals surface area contributed by atoms with Crippen LogP contribution in [0.1, 0.15) is 0 Å². The third kappa shape index (κ3) is 50.2. The van der Waals surface area contributed by atoms with Crippen LogP contribution in [0.2, 0.25) is 0 Å². The summed E-state index contributed by atoms with van der Waals surface area (Å²) >= 11 is 0. The Balaban J connectivity index is -0.00000000500. The van der Waals surface area contributed by atoms with Crippen LogP contribution in [0.4, 0.5) is 0 Å². The van der Waals surface area contributed by atoms with E-state index in [1.54, 1.807) is 0 Å². The molecule has 0 bridgehead atoms. The summed E-state index contributed by atoms with van der Waals surface area (Å²) < 4.78 is 0. The van der Waals surface area contributed by atoms with Crippen LogP contribution in [0.3, 0.4) is 0 Å². The van der Waals surface area contributed by atoms with Gasteiger partial charge in [0, 0.05) is 0 Å². The van der Waals surface area contributed by atoms with Crippen LogP contribution >= 0.6 is 0 Å². The van der Waals surface area contributed by atoms with Gasteiger partial charge in [-0.3, -0.25) is 0 Å². The summed E-state index contributed by atoms with van der Waals surface area (Å²) in [5.41, 5.74) is 0. The summed E-state index contributed by atoms with van der Waals surface area (Å²) in [5, 5.41) is 0. The summed E-state index contributed by atoms with van der Waals surface area (Å²) in [6.07, 6.45) is 0. The quantitative estimate of drug-likeness (QED) is 0.306. The molecular weight excluding hydrogens is 94.0 g/mol. The first-order chi connectivity index (χ1) is 2.00. The standard InChI is InChI=1S/2C2H4.2Na.2H/c2*1-2;;;;/h2*1-2H2;;;;. The molecular formula is C4H10Na2. The molecule has 0 aliphatic heterocycles. The molecule has 6 heavy (non-hydrogen) atoms.